The van der Waals surface area contributed by atoms with Gasteiger partial charge in [0.15, 0.2) is 0 Å². The quantitative estimate of drug-likeness (QED) is 0.870. The summed E-state index contributed by atoms with van der Waals surface area (Å²) in [6.07, 6.45) is 3.28. The Kier molecular flexibility index (Phi) is 4.49. The van der Waals surface area contributed by atoms with Crippen LogP contribution in [0.15, 0.2) is 0 Å². The molecular weight excluding hydrogens is 268 g/mol. The fourth-order valence-corrected chi connectivity index (χ4v) is 3.24. The second kappa shape index (κ2) is 5.85. The highest BCUT2D eigenvalue weighted by Gasteiger charge is 2.43. The molecule has 0 heterocycles. The third-order valence-corrected chi connectivity index (χ3v) is 5.23. The molecule has 0 spiro atoms. The van der Waals surface area contributed by atoms with Gasteiger partial charge in [-0.1, -0.05) is 20.8 Å². The van der Waals surface area contributed by atoms with Gasteiger partial charge in [-0.25, -0.2) is 4.79 Å². The van der Waals surface area contributed by atoms with E-state index in [-0.39, 0.29) is 17.9 Å². The number of methoxy groups -OCH3 is 1. The van der Waals surface area contributed by atoms with Crippen molar-refractivity contribution in [3.8, 4) is 0 Å². The van der Waals surface area contributed by atoms with E-state index in [0.29, 0.717) is 17.4 Å². The molecule has 5 heteroatoms. The summed E-state index contributed by atoms with van der Waals surface area (Å²) in [4.78, 5) is 25.4. The Morgan fingerprint density at radius 1 is 1.14 bits per heavy atom. The molecule has 5 nitrogen and oxygen atoms in total. The smallest absolute Gasteiger partial charge is 0.407 e. The summed E-state index contributed by atoms with van der Waals surface area (Å²) in [5, 5.41) is 2.74. The van der Waals surface area contributed by atoms with E-state index in [1.807, 2.05) is 11.9 Å². The number of nitrogens with one attached hydrogen (secondary N) is 1. The van der Waals surface area contributed by atoms with Crippen LogP contribution in [0, 0.1) is 17.3 Å². The van der Waals surface area contributed by atoms with Crippen LogP contribution in [0.3, 0.4) is 0 Å². The Labute approximate surface area is 127 Å². The van der Waals surface area contributed by atoms with Crippen molar-refractivity contribution >= 4 is 12.0 Å². The zero-order valence-corrected chi connectivity index (χ0v) is 13.8. The Morgan fingerprint density at radius 3 is 2.19 bits per heavy atom. The van der Waals surface area contributed by atoms with E-state index >= 15 is 0 Å². The first kappa shape index (κ1) is 16.1. The van der Waals surface area contributed by atoms with Crippen LogP contribution >= 0.6 is 0 Å². The molecule has 2 aliphatic carbocycles. The van der Waals surface area contributed by atoms with E-state index in [9.17, 15) is 9.59 Å². The monoisotopic (exact) mass is 296 g/mol. The van der Waals surface area contributed by atoms with Crippen LogP contribution in [0.1, 0.15) is 46.5 Å². The van der Waals surface area contributed by atoms with Crippen molar-refractivity contribution in [2.24, 2.45) is 17.3 Å². The first-order chi connectivity index (χ1) is 9.72. The van der Waals surface area contributed by atoms with Gasteiger partial charge in [-0.3, -0.25) is 4.79 Å². The van der Waals surface area contributed by atoms with Gasteiger partial charge in [0.2, 0.25) is 5.91 Å². The normalized spacial score (nSPS) is 31.7. The minimum absolute atomic E-state index is 0.0610. The van der Waals surface area contributed by atoms with Gasteiger partial charge >= 0.3 is 6.09 Å². The van der Waals surface area contributed by atoms with Gasteiger partial charge < -0.3 is 15.0 Å². The molecule has 0 bridgehead atoms. The van der Waals surface area contributed by atoms with Crippen molar-refractivity contribution in [2.45, 2.75) is 58.5 Å². The van der Waals surface area contributed by atoms with E-state index in [0.717, 1.165) is 25.7 Å². The molecule has 0 atom stereocenters. The van der Waals surface area contributed by atoms with Crippen LogP contribution in [0.2, 0.25) is 0 Å². The first-order valence-electron chi connectivity index (χ1n) is 7.83. The number of alkyl carbamates (subject to hydrolysis) is 1. The number of hydrogen-bond acceptors (Lipinski definition) is 3. The number of carbonyl (C=O) groups is 2. The zero-order valence-electron chi connectivity index (χ0n) is 13.8. The Hall–Kier alpha value is -1.26. The van der Waals surface area contributed by atoms with Crippen molar-refractivity contribution in [3.05, 3.63) is 0 Å². The zero-order chi connectivity index (χ0) is 15.8. The summed E-state index contributed by atoms with van der Waals surface area (Å²) >= 11 is 0. The van der Waals surface area contributed by atoms with Gasteiger partial charge in [0.1, 0.15) is 0 Å². The second-order valence-electron chi connectivity index (χ2n) is 7.64. The summed E-state index contributed by atoms with van der Waals surface area (Å²) in [5.41, 5.74) is 0.340. The molecule has 0 saturated heterocycles. The molecule has 0 radical (unpaired) electrons. The average Bonchev–Trinajstić information content (AvgIpc) is 2.28. The maximum atomic E-state index is 12.4. The summed E-state index contributed by atoms with van der Waals surface area (Å²) in [6.45, 7) is 6.81. The largest absolute Gasteiger partial charge is 0.453 e. The van der Waals surface area contributed by atoms with E-state index in [2.05, 4.69) is 30.8 Å². The van der Waals surface area contributed by atoms with E-state index in [4.69, 9.17) is 0 Å². The molecule has 2 aliphatic rings. The lowest BCUT2D eigenvalue weighted by atomic mass is 9.65. The summed E-state index contributed by atoms with van der Waals surface area (Å²) < 4.78 is 4.56. The Bertz CT molecular complexity index is 404. The lowest BCUT2D eigenvalue weighted by Crippen LogP contribution is -2.54. The maximum Gasteiger partial charge on any atom is 0.407 e. The lowest BCUT2D eigenvalue weighted by molar-refractivity contribution is -0.143. The SMILES string of the molecule is COC(=O)NC1CC(C(=O)N(C)C2CC(C(C)(C)C)C2)C1. The Balaban J connectivity index is 1.72. The van der Waals surface area contributed by atoms with Gasteiger partial charge in [0, 0.05) is 25.0 Å². The van der Waals surface area contributed by atoms with E-state index < -0.39 is 6.09 Å². The maximum absolute atomic E-state index is 12.4. The number of amides is 2. The molecule has 2 rings (SSSR count). The summed E-state index contributed by atoms with van der Waals surface area (Å²) in [6, 6.07) is 0.484. The van der Waals surface area contributed by atoms with Crippen molar-refractivity contribution in [3.63, 3.8) is 0 Å². The molecule has 2 saturated carbocycles. The van der Waals surface area contributed by atoms with Crippen LogP contribution in [0.4, 0.5) is 4.79 Å². The lowest BCUT2D eigenvalue weighted by Gasteiger charge is -2.49. The van der Waals surface area contributed by atoms with Gasteiger partial charge in [0.25, 0.3) is 0 Å². The van der Waals surface area contributed by atoms with Crippen LogP contribution < -0.4 is 5.32 Å². The summed E-state index contributed by atoms with van der Waals surface area (Å²) in [7, 11) is 3.28. The van der Waals surface area contributed by atoms with E-state index in [1.165, 1.54) is 7.11 Å². The fourth-order valence-electron chi connectivity index (χ4n) is 3.24. The standard InChI is InChI=1S/C16H28N2O3/c1-16(2,3)11-8-13(9-11)18(4)14(19)10-6-12(7-10)17-15(20)21-5/h10-13H,6-9H2,1-5H3,(H,17,20). The van der Waals surface area contributed by atoms with Crippen LogP contribution in [-0.4, -0.2) is 43.1 Å². The molecule has 21 heavy (non-hydrogen) atoms. The Morgan fingerprint density at radius 2 is 1.71 bits per heavy atom. The fraction of sp³-hybridized carbons (Fsp3) is 0.875. The summed E-state index contributed by atoms with van der Waals surface area (Å²) in [5.74, 6) is 1.01. The van der Waals surface area contributed by atoms with Crippen molar-refractivity contribution < 1.29 is 14.3 Å². The third kappa shape index (κ3) is 3.50. The molecule has 0 aromatic carbocycles. The highest BCUT2D eigenvalue weighted by Crippen LogP contribution is 2.44. The van der Waals surface area contributed by atoms with Gasteiger partial charge in [-0.15, -0.1) is 0 Å². The molecule has 0 aliphatic heterocycles. The first-order valence-corrected chi connectivity index (χ1v) is 7.83. The molecule has 2 fully saturated rings. The number of carbonyl (C=O) groups excluding carboxylic acids is 2. The van der Waals surface area contributed by atoms with Crippen LogP contribution in [-0.2, 0) is 9.53 Å². The molecule has 2 amide bonds. The molecule has 1 N–H and O–H groups in total. The van der Waals surface area contributed by atoms with Gasteiger partial charge in [0.05, 0.1) is 7.11 Å². The number of nitrogens with zero attached hydrogens (tertiary/aromatic N) is 1. The molecule has 0 unspecified atom stereocenters. The molecule has 0 aromatic heterocycles. The average molecular weight is 296 g/mol. The van der Waals surface area contributed by atoms with Crippen molar-refractivity contribution in [1.29, 1.82) is 0 Å². The second-order valence-corrected chi connectivity index (χ2v) is 7.64. The van der Waals surface area contributed by atoms with Crippen LogP contribution in [0.25, 0.3) is 0 Å². The van der Waals surface area contributed by atoms with Crippen LogP contribution in [0.5, 0.6) is 0 Å². The minimum Gasteiger partial charge on any atom is -0.453 e. The topological polar surface area (TPSA) is 58.6 Å². The number of rotatable bonds is 3. The number of hydrogen-bond donors (Lipinski definition) is 1. The molecule has 120 valence electrons. The van der Waals surface area contributed by atoms with E-state index in [1.54, 1.807) is 0 Å². The predicted octanol–water partition coefficient (Wildman–Crippen LogP) is 2.40. The van der Waals surface area contributed by atoms with Gasteiger partial charge in [-0.05, 0) is 37.0 Å². The minimum atomic E-state index is -0.411. The molecule has 0 aromatic rings. The van der Waals surface area contributed by atoms with Crippen molar-refractivity contribution in [2.75, 3.05) is 14.2 Å². The third-order valence-electron chi connectivity index (χ3n) is 5.23. The van der Waals surface area contributed by atoms with Gasteiger partial charge in [-0.2, -0.15) is 0 Å². The van der Waals surface area contributed by atoms with Crippen molar-refractivity contribution in [1.82, 2.24) is 10.2 Å². The predicted molar refractivity (Wildman–Crippen MR) is 80.8 cm³/mol. The highest BCUT2D eigenvalue weighted by molar-refractivity contribution is 5.80. The number of ether oxygens (including phenoxy) is 1. The highest BCUT2D eigenvalue weighted by atomic mass is 16.5. The molecular formula is C16H28N2O3.